The van der Waals surface area contributed by atoms with E-state index >= 15 is 0 Å². The van der Waals surface area contributed by atoms with Crippen LogP contribution in [-0.2, 0) is 25.2 Å². The molecule has 0 heterocycles. The van der Waals surface area contributed by atoms with Crippen LogP contribution in [0.5, 0.6) is 0 Å². The van der Waals surface area contributed by atoms with Crippen LogP contribution in [0.2, 0.25) is 0 Å². The maximum atomic E-state index is 6.33. The van der Waals surface area contributed by atoms with Crippen LogP contribution in [0.25, 0.3) is 0 Å². The second-order valence-electron chi connectivity index (χ2n) is 5.45. The fourth-order valence-electron chi connectivity index (χ4n) is 2.39. The Kier molecular flexibility index (Phi) is 9.25. The molecule has 0 N–H and O–H groups in total. The standard InChI is InChI=1S/C16H21OS.2ClH.Ti/c1-12(2)17-16(18-15-7-5-6-8-15)10-9-13(3)11-14(16)4;;;/h5,7,9,11-12H,6,10H2,1-4H3;2*1H;/q;;;+2/p-2. The number of allylic oxidation sites excluding steroid dienone is 5. The molecule has 2 aliphatic carbocycles. The molecule has 0 amide bonds. The average Bonchev–Trinajstić information content (AvgIpc) is 2.69. The van der Waals surface area contributed by atoms with Gasteiger partial charge in [0.15, 0.2) is 0 Å². The number of hydrogen-bond donors (Lipinski definition) is 0. The third-order valence-electron chi connectivity index (χ3n) is 3.33. The monoisotopic (exact) mass is 379 g/mol. The molecule has 0 radical (unpaired) electrons. The van der Waals surface area contributed by atoms with E-state index in [1.54, 1.807) is 0 Å². The first kappa shape index (κ1) is 21.6. The van der Waals surface area contributed by atoms with Gasteiger partial charge in [-0.05, 0) is 0 Å². The quantitative estimate of drug-likeness (QED) is 0.451. The summed E-state index contributed by atoms with van der Waals surface area (Å²) in [7, 11) is 0. The van der Waals surface area contributed by atoms with Crippen LogP contribution in [0, 0.1) is 0 Å². The van der Waals surface area contributed by atoms with E-state index in [1.807, 2.05) is 11.8 Å². The van der Waals surface area contributed by atoms with Crippen molar-refractivity contribution in [2.45, 2.75) is 51.6 Å². The minimum atomic E-state index is -0.223. The van der Waals surface area contributed by atoms with Crippen molar-refractivity contribution in [2.75, 3.05) is 0 Å². The van der Waals surface area contributed by atoms with Gasteiger partial charge in [-0.2, -0.15) is 0 Å². The summed E-state index contributed by atoms with van der Waals surface area (Å²) in [5.41, 5.74) is 2.67. The molecule has 5 heteroatoms. The minimum absolute atomic E-state index is 0. The molecule has 2 rings (SSSR count). The van der Waals surface area contributed by atoms with Gasteiger partial charge in [0.2, 0.25) is 0 Å². The zero-order valence-corrected chi connectivity index (χ0v) is 16.8. The topological polar surface area (TPSA) is 9.23 Å². The number of ether oxygens (including phenoxy) is 1. The van der Waals surface area contributed by atoms with Crippen LogP contribution in [0.3, 0.4) is 0 Å². The van der Waals surface area contributed by atoms with Crippen LogP contribution in [0.1, 0.15) is 40.5 Å². The zero-order chi connectivity index (χ0) is 14.0. The van der Waals surface area contributed by atoms with E-state index in [1.165, 1.54) is 19.9 Å². The number of halogens is 2. The van der Waals surface area contributed by atoms with Crippen molar-refractivity contribution in [1.82, 2.24) is 0 Å². The molecule has 1 nitrogen and oxygen atoms in total. The maximum Gasteiger partial charge on any atom is -1.00 e. The SMILES string of the molecule is CC1=CCC(OC(C)C)(SC2=[C]([Ti+2])CC=C2)C(C)=C1.[Cl-].[Cl-]. The summed E-state index contributed by atoms with van der Waals surface area (Å²) in [6, 6.07) is 0. The summed E-state index contributed by atoms with van der Waals surface area (Å²) in [6.45, 7) is 8.59. The largest absolute Gasteiger partial charge is 1.00 e. The Labute approximate surface area is 157 Å². The Balaban J connectivity index is 0.00000200. The number of thioether (sulfide) groups is 1. The average molecular weight is 380 g/mol. The van der Waals surface area contributed by atoms with Crippen LogP contribution in [0.15, 0.2) is 44.2 Å². The molecule has 21 heavy (non-hydrogen) atoms. The van der Waals surface area contributed by atoms with Gasteiger partial charge in [-0.15, -0.1) is 0 Å². The number of rotatable bonds is 4. The Hall–Kier alpha value is 0.564. The van der Waals surface area contributed by atoms with Crippen molar-refractivity contribution < 1.29 is 50.0 Å². The van der Waals surface area contributed by atoms with Gasteiger partial charge in [0.1, 0.15) is 0 Å². The van der Waals surface area contributed by atoms with E-state index in [2.05, 4.69) is 72.4 Å². The molecule has 2 aliphatic rings. The molecule has 115 valence electrons. The third kappa shape index (κ3) is 5.30. The third-order valence-corrected chi connectivity index (χ3v) is 5.87. The summed E-state index contributed by atoms with van der Waals surface area (Å²) in [4.78, 5) is 1.15. The molecule has 1 unspecified atom stereocenters. The molecule has 0 saturated carbocycles. The van der Waals surface area contributed by atoms with Gasteiger partial charge >= 0.3 is 133 Å². The minimum Gasteiger partial charge on any atom is -1.00 e. The molecular formula is C16H21Cl2OSTi. The second kappa shape index (κ2) is 9.01. The Morgan fingerprint density at radius 1 is 1.29 bits per heavy atom. The van der Waals surface area contributed by atoms with Crippen LogP contribution >= 0.6 is 11.8 Å². The van der Waals surface area contributed by atoms with Gasteiger partial charge in [-0.3, -0.25) is 0 Å². The van der Waals surface area contributed by atoms with Gasteiger partial charge in [-0.25, -0.2) is 0 Å². The molecule has 0 aromatic rings. The summed E-state index contributed by atoms with van der Waals surface area (Å²) in [5.74, 6) is 0. The van der Waals surface area contributed by atoms with E-state index in [0.29, 0.717) is 0 Å². The van der Waals surface area contributed by atoms with Crippen molar-refractivity contribution >= 4 is 11.8 Å². The van der Waals surface area contributed by atoms with E-state index in [-0.39, 0.29) is 35.9 Å². The first-order valence-corrected chi connectivity index (χ1v) is 8.36. The second-order valence-corrected chi connectivity index (χ2v) is 7.70. The molecule has 0 saturated heterocycles. The zero-order valence-electron chi connectivity index (χ0n) is 12.9. The molecule has 1 atom stereocenters. The van der Waals surface area contributed by atoms with Crippen LogP contribution in [0.4, 0.5) is 0 Å². The van der Waals surface area contributed by atoms with Crippen molar-refractivity contribution in [3.05, 3.63) is 44.2 Å². The van der Waals surface area contributed by atoms with Crippen LogP contribution < -0.4 is 24.8 Å². The van der Waals surface area contributed by atoms with Crippen molar-refractivity contribution in [1.29, 1.82) is 0 Å². The fraction of sp³-hybridized carbons (Fsp3) is 0.500. The summed E-state index contributed by atoms with van der Waals surface area (Å²) in [6.07, 6.45) is 11.3. The van der Waals surface area contributed by atoms with Gasteiger partial charge in [0.05, 0.1) is 0 Å². The summed E-state index contributed by atoms with van der Waals surface area (Å²) >= 11 is 4.10. The number of hydrogen-bond acceptors (Lipinski definition) is 2. The van der Waals surface area contributed by atoms with Crippen LogP contribution in [-0.4, -0.2) is 11.0 Å². The predicted octanol–water partition coefficient (Wildman–Crippen LogP) is -1.14. The Morgan fingerprint density at radius 3 is 2.43 bits per heavy atom. The fourth-order valence-corrected chi connectivity index (χ4v) is 4.30. The van der Waals surface area contributed by atoms with Crippen molar-refractivity contribution in [3.63, 3.8) is 0 Å². The van der Waals surface area contributed by atoms with E-state index in [9.17, 15) is 0 Å². The molecule has 0 aliphatic heterocycles. The first-order valence-electron chi connectivity index (χ1n) is 6.76. The molecule has 0 aromatic carbocycles. The molecular weight excluding hydrogens is 359 g/mol. The van der Waals surface area contributed by atoms with E-state index in [4.69, 9.17) is 4.74 Å². The Morgan fingerprint density at radius 2 is 1.95 bits per heavy atom. The Bertz CT molecular complexity index is 495. The summed E-state index contributed by atoms with van der Waals surface area (Å²) < 4.78 is 7.79. The summed E-state index contributed by atoms with van der Waals surface area (Å²) in [5, 5.41) is 0. The normalized spacial score (nSPS) is 24.5. The van der Waals surface area contributed by atoms with Gasteiger partial charge in [0, 0.05) is 0 Å². The van der Waals surface area contributed by atoms with Gasteiger partial charge in [-0.1, -0.05) is 0 Å². The van der Waals surface area contributed by atoms with Gasteiger partial charge in [0.25, 0.3) is 0 Å². The van der Waals surface area contributed by atoms with E-state index < -0.39 is 0 Å². The molecule has 0 fully saturated rings. The van der Waals surface area contributed by atoms with Crippen molar-refractivity contribution in [2.24, 2.45) is 0 Å². The maximum absolute atomic E-state index is 6.33. The van der Waals surface area contributed by atoms with Gasteiger partial charge < -0.3 is 24.8 Å². The van der Waals surface area contributed by atoms with Crippen molar-refractivity contribution in [3.8, 4) is 0 Å². The van der Waals surface area contributed by atoms with E-state index in [0.717, 1.165) is 12.8 Å². The predicted molar refractivity (Wildman–Crippen MR) is 79.5 cm³/mol. The molecule has 0 bridgehead atoms. The smallest absolute Gasteiger partial charge is 1.00 e. The molecule has 0 aromatic heterocycles. The molecule has 0 spiro atoms. The first-order chi connectivity index (χ1) is 8.93.